The van der Waals surface area contributed by atoms with Gasteiger partial charge in [-0.1, -0.05) is 12.2 Å². The van der Waals surface area contributed by atoms with E-state index < -0.39 is 0 Å². The molecule has 0 unspecified atom stereocenters. The summed E-state index contributed by atoms with van der Waals surface area (Å²) in [5, 5.41) is 0.856. The van der Waals surface area contributed by atoms with Crippen molar-refractivity contribution in [2.45, 2.75) is 12.8 Å². The average molecular weight is 284 g/mol. The third-order valence-electron chi connectivity index (χ3n) is 3.71. The maximum atomic E-state index is 5.80. The Bertz CT molecular complexity index is 635. The standard InChI is InChI=1S/C16H20N4O/c17-16-14-6-5-13(11-15(14)18-12-19-16)21-10-4-3-9-20-7-1-2-8-20/h3-6,11-12H,1-2,7-10H2,(H2,17,18,19)/b4-3+. The fourth-order valence-corrected chi connectivity index (χ4v) is 2.55. The highest BCUT2D eigenvalue weighted by Gasteiger charge is 2.08. The van der Waals surface area contributed by atoms with Crippen molar-refractivity contribution in [3.63, 3.8) is 0 Å². The molecule has 0 aliphatic carbocycles. The first-order chi connectivity index (χ1) is 10.3. The minimum atomic E-state index is 0.497. The number of benzene rings is 1. The summed E-state index contributed by atoms with van der Waals surface area (Å²) < 4.78 is 5.71. The molecule has 2 heterocycles. The van der Waals surface area contributed by atoms with Gasteiger partial charge in [0.1, 0.15) is 24.5 Å². The Morgan fingerprint density at radius 3 is 2.90 bits per heavy atom. The van der Waals surface area contributed by atoms with Crippen LogP contribution in [0.25, 0.3) is 10.9 Å². The van der Waals surface area contributed by atoms with E-state index in [2.05, 4.69) is 27.0 Å². The van der Waals surface area contributed by atoms with Crippen molar-refractivity contribution in [1.82, 2.24) is 14.9 Å². The Morgan fingerprint density at radius 2 is 2.05 bits per heavy atom. The fourth-order valence-electron chi connectivity index (χ4n) is 2.55. The van der Waals surface area contributed by atoms with Crippen molar-refractivity contribution in [2.75, 3.05) is 32.0 Å². The highest BCUT2D eigenvalue weighted by molar-refractivity contribution is 5.88. The van der Waals surface area contributed by atoms with E-state index in [0.29, 0.717) is 12.4 Å². The number of nitrogens with two attached hydrogens (primary N) is 1. The summed E-state index contributed by atoms with van der Waals surface area (Å²) in [7, 11) is 0. The van der Waals surface area contributed by atoms with Crippen LogP contribution in [0.4, 0.5) is 5.82 Å². The second-order valence-electron chi connectivity index (χ2n) is 5.23. The van der Waals surface area contributed by atoms with Crippen molar-refractivity contribution in [1.29, 1.82) is 0 Å². The number of hydrogen-bond donors (Lipinski definition) is 1. The number of ether oxygens (including phenoxy) is 1. The van der Waals surface area contributed by atoms with E-state index in [9.17, 15) is 0 Å². The molecule has 0 atom stereocenters. The van der Waals surface area contributed by atoms with Crippen molar-refractivity contribution < 1.29 is 4.74 Å². The molecule has 5 nitrogen and oxygen atoms in total. The van der Waals surface area contributed by atoms with Crippen molar-refractivity contribution in [3.05, 3.63) is 36.7 Å². The Morgan fingerprint density at radius 1 is 1.19 bits per heavy atom. The molecule has 1 aromatic heterocycles. The third-order valence-corrected chi connectivity index (χ3v) is 3.71. The van der Waals surface area contributed by atoms with Crippen molar-refractivity contribution in [2.24, 2.45) is 0 Å². The van der Waals surface area contributed by atoms with Gasteiger partial charge in [-0.2, -0.15) is 0 Å². The van der Waals surface area contributed by atoms with Crippen LogP contribution < -0.4 is 10.5 Å². The maximum Gasteiger partial charge on any atom is 0.134 e. The van der Waals surface area contributed by atoms with Gasteiger partial charge in [0.15, 0.2) is 0 Å². The molecular weight excluding hydrogens is 264 g/mol. The van der Waals surface area contributed by atoms with Crippen LogP contribution in [0, 0.1) is 0 Å². The van der Waals surface area contributed by atoms with Gasteiger partial charge in [0.2, 0.25) is 0 Å². The van der Waals surface area contributed by atoms with Gasteiger partial charge in [-0.15, -0.1) is 0 Å². The van der Waals surface area contributed by atoms with Crippen LogP contribution in [-0.4, -0.2) is 41.1 Å². The molecule has 0 bridgehead atoms. The molecule has 0 spiro atoms. The Hall–Kier alpha value is -2.14. The quantitative estimate of drug-likeness (QED) is 0.853. The molecule has 21 heavy (non-hydrogen) atoms. The van der Waals surface area contributed by atoms with Gasteiger partial charge in [0.25, 0.3) is 0 Å². The molecule has 1 aromatic carbocycles. The lowest BCUT2D eigenvalue weighted by atomic mass is 10.2. The first-order valence-electron chi connectivity index (χ1n) is 7.33. The first kappa shape index (κ1) is 13.8. The van der Waals surface area contributed by atoms with Crippen LogP contribution in [0.1, 0.15) is 12.8 Å². The number of anilines is 1. The molecule has 2 N–H and O–H groups in total. The lowest BCUT2D eigenvalue weighted by Gasteiger charge is -2.10. The molecule has 2 aromatic rings. The molecule has 1 fully saturated rings. The fraction of sp³-hybridized carbons (Fsp3) is 0.375. The Labute approximate surface area is 124 Å². The molecule has 1 aliphatic rings. The lowest BCUT2D eigenvalue weighted by Crippen LogP contribution is -2.18. The molecule has 0 radical (unpaired) electrons. The Balaban J connectivity index is 1.54. The third kappa shape index (κ3) is 3.49. The summed E-state index contributed by atoms with van der Waals surface area (Å²) in [5.74, 6) is 1.29. The number of likely N-dealkylation sites (tertiary alicyclic amines) is 1. The van der Waals surface area contributed by atoms with Crippen LogP contribution in [0.5, 0.6) is 5.75 Å². The van der Waals surface area contributed by atoms with Gasteiger partial charge >= 0.3 is 0 Å². The predicted octanol–water partition coefficient (Wildman–Crippen LogP) is 2.24. The molecule has 0 saturated carbocycles. The van der Waals surface area contributed by atoms with Crippen LogP contribution in [-0.2, 0) is 0 Å². The summed E-state index contributed by atoms with van der Waals surface area (Å²) in [5.41, 5.74) is 6.60. The van der Waals surface area contributed by atoms with E-state index in [0.717, 1.165) is 23.2 Å². The number of hydrogen-bond acceptors (Lipinski definition) is 5. The molecule has 3 rings (SSSR count). The molecule has 0 amide bonds. The normalized spacial score (nSPS) is 16.0. The van der Waals surface area contributed by atoms with Gasteiger partial charge < -0.3 is 10.5 Å². The van der Waals surface area contributed by atoms with E-state index in [1.807, 2.05) is 18.2 Å². The van der Waals surface area contributed by atoms with Crippen molar-refractivity contribution >= 4 is 16.7 Å². The lowest BCUT2D eigenvalue weighted by molar-refractivity contribution is 0.357. The summed E-state index contributed by atoms with van der Waals surface area (Å²) in [6.45, 7) is 4.03. The van der Waals surface area contributed by atoms with Crippen LogP contribution in [0.15, 0.2) is 36.7 Å². The number of aromatic nitrogens is 2. The SMILES string of the molecule is Nc1ncnc2cc(OC/C=C/CN3CCCC3)ccc12. The molecular formula is C16H20N4O. The second kappa shape index (κ2) is 6.54. The largest absolute Gasteiger partial charge is 0.489 e. The summed E-state index contributed by atoms with van der Waals surface area (Å²) >= 11 is 0. The van der Waals surface area contributed by atoms with Gasteiger partial charge in [-0.25, -0.2) is 9.97 Å². The zero-order valence-electron chi connectivity index (χ0n) is 12.0. The average Bonchev–Trinajstić information content (AvgIpc) is 3.00. The van der Waals surface area contributed by atoms with E-state index in [4.69, 9.17) is 10.5 Å². The monoisotopic (exact) mass is 284 g/mol. The number of rotatable bonds is 5. The number of nitrogen functional groups attached to an aromatic ring is 1. The maximum absolute atomic E-state index is 5.80. The van der Waals surface area contributed by atoms with Gasteiger partial charge in [-0.3, -0.25) is 4.90 Å². The van der Waals surface area contributed by atoms with E-state index in [-0.39, 0.29) is 0 Å². The summed E-state index contributed by atoms with van der Waals surface area (Å²) in [4.78, 5) is 10.6. The minimum Gasteiger partial charge on any atom is -0.489 e. The summed E-state index contributed by atoms with van der Waals surface area (Å²) in [6, 6.07) is 5.69. The molecule has 1 saturated heterocycles. The Kier molecular flexibility index (Phi) is 4.31. The van der Waals surface area contributed by atoms with Gasteiger partial charge in [0, 0.05) is 18.0 Å². The zero-order valence-corrected chi connectivity index (χ0v) is 12.0. The topological polar surface area (TPSA) is 64.3 Å². The first-order valence-corrected chi connectivity index (χ1v) is 7.33. The van der Waals surface area contributed by atoms with Gasteiger partial charge in [-0.05, 0) is 38.1 Å². The smallest absolute Gasteiger partial charge is 0.134 e. The molecule has 110 valence electrons. The summed E-state index contributed by atoms with van der Waals surface area (Å²) in [6.07, 6.45) is 8.36. The van der Waals surface area contributed by atoms with E-state index in [1.54, 1.807) is 0 Å². The van der Waals surface area contributed by atoms with Crippen LogP contribution >= 0.6 is 0 Å². The second-order valence-corrected chi connectivity index (χ2v) is 5.23. The molecule has 1 aliphatic heterocycles. The highest BCUT2D eigenvalue weighted by atomic mass is 16.5. The van der Waals surface area contributed by atoms with Crippen molar-refractivity contribution in [3.8, 4) is 5.75 Å². The zero-order chi connectivity index (χ0) is 14.5. The highest BCUT2D eigenvalue weighted by Crippen LogP contribution is 2.21. The van der Waals surface area contributed by atoms with Crippen LogP contribution in [0.2, 0.25) is 0 Å². The predicted molar refractivity (Wildman–Crippen MR) is 84.3 cm³/mol. The van der Waals surface area contributed by atoms with E-state index >= 15 is 0 Å². The van der Waals surface area contributed by atoms with Crippen LogP contribution in [0.3, 0.4) is 0 Å². The molecule has 5 heteroatoms. The number of fused-ring (bicyclic) bond motifs is 1. The minimum absolute atomic E-state index is 0.497. The number of nitrogens with zero attached hydrogens (tertiary/aromatic N) is 3. The van der Waals surface area contributed by atoms with Gasteiger partial charge in [0.05, 0.1) is 5.52 Å². The van der Waals surface area contributed by atoms with E-state index in [1.165, 1.54) is 32.3 Å².